The van der Waals surface area contributed by atoms with E-state index in [1.54, 1.807) is 6.20 Å². The maximum atomic E-state index is 11.2. The molecule has 1 heterocycles. The van der Waals surface area contributed by atoms with E-state index >= 15 is 0 Å². The molecule has 0 radical (unpaired) electrons. The van der Waals surface area contributed by atoms with Gasteiger partial charge in [0.15, 0.2) is 0 Å². The van der Waals surface area contributed by atoms with Crippen LogP contribution in [0.3, 0.4) is 0 Å². The number of benzene rings is 1. The standard InChI is InChI=1S/C13H15N3O/c14-8-10(13(15)17)7-9-5-6-16-12-4-2-1-3-11(9)12/h1-6,10H,7-8,14H2,(H2,15,17). The smallest absolute Gasteiger partial charge is 0.222 e. The molecule has 1 amide bonds. The monoisotopic (exact) mass is 229 g/mol. The zero-order valence-electron chi connectivity index (χ0n) is 9.47. The van der Waals surface area contributed by atoms with Crippen molar-refractivity contribution in [1.29, 1.82) is 0 Å². The molecule has 4 nitrogen and oxygen atoms in total. The number of nitrogens with zero attached hydrogens (tertiary/aromatic N) is 1. The molecule has 4 heteroatoms. The molecule has 1 unspecified atom stereocenters. The highest BCUT2D eigenvalue weighted by Gasteiger charge is 2.15. The van der Waals surface area contributed by atoms with Gasteiger partial charge in [-0.15, -0.1) is 0 Å². The van der Waals surface area contributed by atoms with Gasteiger partial charge in [0.2, 0.25) is 5.91 Å². The second-order valence-electron chi connectivity index (χ2n) is 4.03. The largest absolute Gasteiger partial charge is 0.369 e. The number of rotatable bonds is 4. The number of carbonyl (C=O) groups is 1. The van der Waals surface area contributed by atoms with Crippen molar-refractivity contribution < 1.29 is 4.79 Å². The third kappa shape index (κ3) is 2.42. The van der Waals surface area contributed by atoms with Gasteiger partial charge >= 0.3 is 0 Å². The van der Waals surface area contributed by atoms with Crippen molar-refractivity contribution in [3.63, 3.8) is 0 Å². The Hall–Kier alpha value is -1.94. The summed E-state index contributed by atoms with van der Waals surface area (Å²) in [6.07, 6.45) is 2.31. The Morgan fingerprint density at radius 3 is 2.76 bits per heavy atom. The molecule has 0 fully saturated rings. The van der Waals surface area contributed by atoms with E-state index in [2.05, 4.69) is 4.98 Å². The van der Waals surface area contributed by atoms with E-state index in [9.17, 15) is 4.79 Å². The predicted octanol–water partition coefficient (Wildman–Crippen LogP) is 0.837. The number of hydrogen-bond acceptors (Lipinski definition) is 3. The van der Waals surface area contributed by atoms with E-state index < -0.39 is 0 Å². The van der Waals surface area contributed by atoms with Gasteiger partial charge in [-0.1, -0.05) is 18.2 Å². The average molecular weight is 229 g/mol. The van der Waals surface area contributed by atoms with Crippen LogP contribution >= 0.6 is 0 Å². The zero-order valence-corrected chi connectivity index (χ0v) is 9.47. The number of para-hydroxylation sites is 1. The Labute approximate surface area is 99.6 Å². The fraction of sp³-hybridized carbons (Fsp3) is 0.231. The first-order valence-electron chi connectivity index (χ1n) is 5.54. The number of aromatic nitrogens is 1. The molecular weight excluding hydrogens is 214 g/mol. The lowest BCUT2D eigenvalue weighted by atomic mass is 9.96. The summed E-state index contributed by atoms with van der Waals surface area (Å²) in [5.74, 6) is -0.672. The fourth-order valence-corrected chi connectivity index (χ4v) is 1.90. The highest BCUT2D eigenvalue weighted by atomic mass is 16.1. The molecule has 1 aromatic heterocycles. The Bertz CT molecular complexity index is 534. The van der Waals surface area contributed by atoms with Crippen LogP contribution in [0.15, 0.2) is 36.5 Å². The highest BCUT2D eigenvalue weighted by Crippen LogP contribution is 2.19. The molecule has 2 aromatic rings. The second kappa shape index (κ2) is 4.93. The molecule has 0 aliphatic heterocycles. The van der Waals surface area contributed by atoms with Gasteiger partial charge in [0.25, 0.3) is 0 Å². The summed E-state index contributed by atoms with van der Waals surface area (Å²) >= 11 is 0. The van der Waals surface area contributed by atoms with Gasteiger partial charge in [-0.05, 0) is 24.1 Å². The SMILES string of the molecule is NCC(Cc1ccnc2ccccc12)C(N)=O. The molecule has 0 spiro atoms. The number of nitrogens with two attached hydrogens (primary N) is 2. The molecule has 4 N–H and O–H groups in total. The molecule has 17 heavy (non-hydrogen) atoms. The Balaban J connectivity index is 2.38. The first-order valence-corrected chi connectivity index (χ1v) is 5.54. The minimum absolute atomic E-state index is 0.270. The number of hydrogen-bond donors (Lipinski definition) is 2. The van der Waals surface area contributed by atoms with Crippen LogP contribution in [-0.4, -0.2) is 17.4 Å². The van der Waals surface area contributed by atoms with Crippen LogP contribution in [0, 0.1) is 5.92 Å². The van der Waals surface area contributed by atoms with Gasteiger partial charge in [-0.2, -0.15) is 0 Å². The van der Waals surface area contributed by atoms with E-state index in [0.717, 1.165) is 16.5 Å². The normalized spacial score (nSPS) is 12.5. The summed E-state index contributed by atoms with van der Waals surface area (Å²) in [4.78, 5) is 15.5. The lowest BCUT2D eigenvalue weighted by Crippen LogP contribution is -2.31. The van der Waals surface area contributed by atoms with Crippen molar-refractivity contribution in [2.75, 3.05) is 6.54 Å². The van der Waals surface area contributed by atoms with Crippen LogP contribution in [0.2, 0.25) is 0 Å². The third-order valence-electron chi connectivity index (χ3n) is 2.89. The Kier molecular flexibility index (Phi) is 3.35. The second-order valence-corrected chi connectivity index (χ2v) is 4.03. The molecular formula is C13H15N3O. The van der Waals surface area contributed by atoms with Crippen LogP contribution in [0.4, 0.5) is 0 Å². The number of amides is 1. The summed E-state index contributed by atoms with van der Waals surface area (Å²) in [6.45, 7) is 0.270. The van der Waals surface area contributed by atoms with Gasteiger partial charge < -0.3 is 11.5 Å². The third-order valence-corrected chi connectivity index (χ3v) is 2.89. The van der Waals surface area contributed by atoms with Crippen LogP contribution < -0.4 is 11.5 Å². The molecule has 0 saturated heterocycles. The molecule has 2 rings (SSSR count). The topological polar surface area (TPSA) is 82.0 Å². The van der Waals surface area contributed by atoms with Crippen molar-refractivity contribution in [1.82, 2.24) is 4.98 Å². The maximum absolute atomic E-state index is 11.2. The quantitative estimate of drug-likeness (QED) is 0.815. The number of fused-ring (bicyclic) bond motifs is 1. The molecule has 1 atom stereocenters. The molecule has 1 aromatic carbocycles. The fourth-order valence-electron chi connectivity index (χ4n) is 1.90. The number of primary amides is 1. The summed E-state index contributed by atoms with van der Waals surface area (Å²) < 4.78 is 0. The van der Waals surface area contributed by atoms with E-state index in [0.29, 0.717) is 6.42 Å². The number of carbonyl (C=O) groups excluding carboxylic acids is 1. The molecule has 0 bridgehead atoms. The molecule has 0 aliphatic carbocycles. The molecule has 88 valence electrons. The molecule has 0 saturated carbocycles. The summed E-state index contributed by atoms with van der Waals surface area (Å²) in [6, 6.07) is 9.74. The lowest BCUT2D eigenvalue weighted by Gasteiger charge is -2.12. The van der Waals surface area contributed by atoms with E-state index in [1.807, 2.05) is 30.3 Å². The minimum atomic E-state index is -0.353. The first-order chi connectivity index (χ1) is 8.22. The van der Waals surface area contributed by atoms with Crippen molar-refractivity contribution >= 4 is 16.8 Å². The van der Waals surface area contributed by atoms with Crippen LogP contribution in [0.25, 0.3) is 10.9 Å². The van der Waals surface area contributed by atoms with Gasteiger partial charge in [-0.25, -0.2) is 0 Å². The van der Waals surface area contributed by atoms with Crippen molar-refractivity contribution in [3.8, 4) is 0 Å². The van der Waals surface area contributed by atoms with Crippen LogP contribution in [-0.2, 0) is 11.2 Å². The lowest BCUT2D eigenvalue weighted by molar-refractivity contribution is -0.121. The van der Waals surface area contributed by atoms with Crippen LogP contribution in [0.1, 0.15) is 5.56 Å². The summed E-state index contributed by atoms with van der Waals surface area (Å²) in [7, 11) is 0. The van der Waals surface area contributed by atoms with Crippen molar-refractivity contribution in [2.45, 2.75) is 6.42 Å². The Morgan fingerprint density at radius 2 is 2.06 bits per heavy atom. The van der Waals surface area contributed by atoms with E-state index in [4.69, 9.17) is 11.5 Å². The maximum Gasteiger partial charge on any atom is 0.222 e. The van der Waals surface area contributed by atoms with Gasteiger partial charge in [0.1, 0.15) is 0 Å². The summed E-state index contributed by atoms with van der Waals surface area (Å²) in [5, 5.41) is 1.05. The van der Waals surface area contributed by atoms with E-state index in [1.165, 1.54) is 0 Å². The van der Waals surface area contributed by atoms with Crippen molar-refractivity contribution in [2.24, 2.45) is 17.4 Å². The van der Waals surface area contributed by atoms with Crippen LogP contribution in [0.5, 0.6) is 0 Å². The molecule has 0 aliphatic rings. The zero-order chi connectivity index (χ0) is 12.3. The van der Waals surface area contributed by atoms with Gasteiger partial charge in [0.05, 0.1) is 11.4 Å². The summed E-state index contributed by atoms with van der Waals surface area (Å²) in [5.41, 5.74) is 12.8. The van der Waals surface area contributed by atoms with E-state index in [-0.39, 0.29) is 18.4 Å². The number of pyridine rings is 1. The van der Waals surface area contributed by atoms with Gasteiger partial charge in [-0.3, -0.25) is 9.78 Å². The first kappa shape index (κ1) is 11.5. The minimum Gasteiger partial charge on any atom is -0.369 e. The average Bonchev–Trinajstić information content (AvgIpc) is 2.35. The predicted molar refractivity (Wildman–Crippen MR) is 67.2 cm³/mol. The van der Waals surface area contributed by atoms with Gasteiger partial charge in [0, 0.05) is 18.1 Å². The van der Waals surface area contributed by atoms with Crippen molar-refractivity contribution in [3.05, 3.63) is 42.1 Å². The highest BCUT2D eigenvalue weighted by molar-refractivity contribution is 5.83. The Morgan fingerprint density at radius 1 is 1.29 bits per heavy atom.